The Morgan fingerprint density at radius 2 is 1.73 bits per heavy atom. The Hall–Kier alpha value is -1.90. The minimum absolute atomic E-state index is 0.0969. The van der Waals surface area contributed by atoms with Gasteiger partial charge in [0, 0.05) is 12.5 Å². The number of hydrogen-bond donors (Lipinski definition) is 0. The lowest BCUT2D eigenvalue weighted by atomic mass is 9.93. The lowest BCUT2D eigenvalue weighted by Gasteiger charge is -2.32. The van der Waals surface area contributed by atoms with E-state index in [1.807, 2.05) is 58.0 Å². The van der Waals surface area contributed by atoms with Crippen LogP contribution in [0.4, 0.5) is 0 Å². The number of nitrogens with zero attached hydrogens (tertiary/aromatic N) is 1. The summed E-state index contributed by atoms with van der Waals surface area (Å²) in [6.07, 6.45) is 1.85. The van der Waals surface area contributed by atoms with Crippen LogP contribution in [0.1, 0.15) is 33.3 Å². The molecule has 0 saturated carbocycles. The zero-order valence-corrected chi connectivity index (χ0v) is 14.1. The molecule has 0 radical (unpaired) electrons. The van der Waals surface area contributed by atoms with Gasteiger partial charge >= 0.3 is 0 Å². The van der Waals surface area contributed by atoms with Crippen molar-refractivity contribution in [2.45, 2.75) is 40.2 Å². The van der Waals surface area contributed by atoms with Gasteiger partial charge in [0.25, 0.3) is 0 Å². The van der Waals surface area contributed by atoms with Gasteiger partial charge in [-0.1, -0.05) is 64.6 Å². The van der Waals surface area contributed by atoms with Crippen LogP contribution in [0.25, 0.3) is 0 Å². The number of hydrogen-bond acceptors (Lipinski definition) is 2. The van der Waals surface area contributed by atoms with Gasteiger partial charge < -0.3 is 4.90 Å². The molecule has 1 aromatic carbocycles. The third-order valence-corrected chi connectivity index (χ3v) is 3.57. The van der Waals surface area contributed by atoms with E-state index in [-0.39, 0.29) is 17.6 Å². The highest BCUT2D eigenvalue weighted by Gasteiger charge is 2.30. The highest BCUT2D eigenvalue weighted by molar-refractivity contribution is 5.94. The zero-order valence-electron chi connectivity index (χ0n) is 14.1. The van der Waals surface area contributed by atoms with Gasteiger partial charge in [-0.3, -0.25) is 9.59 Å². The number of ketones is 1. The number of Topliss-reactive ketones (excluding diaryl/α,β-unsaturated/α-hetero) is 1. The van der Waals surface area contributed by atoms with E-state index in [9.17, 15) is 9.59 Å². The van der Waals surface area contributed by atoms with Gasteiger partial charge in [-0.15, -0.1) is 0 Å². The molecule has 0 heterocycles. The minimum Gasteiger partial charge on any atom is -0.329 e. The molecule has 3 heteroatoms. The molecule has 1 atom stereocenters. The topological polar surface area (TPSA) is 37.4 Å². The first-order valence-corrected chi connectivity index (χ1v) is 7.87. The molecule has 0 aliphatic carbocycles. The van der Waals surface area contributed by atoms with E-state index < -0.39 is 6.04 Å². The lowest BCUT2D eigenvalue weighted by Crippen LogP contribution is -2.48. The number of benzene rings is 1. The first-order chi connectivity index (χ1) is 10.4. The van der Waals surface area contributed by atoms with E-state index in [4.69, 9.17) is 0 Å². The maximum atomic E-state index is 12.7. The Balaban J connectivity index is 3.12. The van der Waals surface area contributed by atoms with E-state index in [1.165, 1.54) is 6.08 Å². The normalized spacial score (nSPS) is 12.3. The molecule has 0 aliphatic heterocycles. The fraction of sp³-hybridized carbons (Fsp3) is 0.474. The molecular weight excluding hydrogens is 274 g/mol. The fourth-order valence-corrected chi connectivity index (χ4v) is 2.47. The molecule has 1 rings (SSSR count). The number of carbonyl (C=O) groups is 2. The Morgan fingerprint density at radius 3 is 2.18 bits per heavy atom. The summed E-state index contributed by atoms with van der Waals surface area (Å²) < 4.78 is 0. The molecule has 0 aromatic heterocycles. The van der Waals surface area contributed by atoms with Crippen LogP contribution < -0.4 is 0 Å². The Kier molecular flexibility index (Phi) is 7.03. The average Bonchev–Trinajstić information content (AvgIpc) is 2.49. The molecule has 1 unspecified atom stereocenters. The van der Waals surface area contributed by atoms with Crippen LogP contribution in [0.5, 0.6) is 0 Å². The maximum absolute atomic E-state index is 12.7. The monoisotopic (exact) mass is 301 g/mol. The Labute approximate surface area is 134 Å². The standard InChI is InChI=1S/C19H27NO2/c1-6-18(21)20(13-14(2)3)17(19(22)15(4)5)12-16-10-8-7-9-11-16/h6-11,14-15,17H,1,12-13H2,2-5H3. The summed E-state index contributed by atoms with van der Waals surface area (Å²) in [6.45, 7) is 12.0. The van der Waals surface area contributed by atoms with Crippen LogP contribution in [0.15, 0.2) is 43.0 Å². The molecule has 0 spiro atoms. The second kappa shape index (κ2) is 8.52. The predicted octanol–water partition coefficient (Wildman–Crippen LogP) is 3.49. The average molecular weight is 301 g/mol. The first-order valence-electron chi connectivity index (χ1n) is 7.87. The summed E-state index contributed by atoms with van der Waals surface area (Å²) >= 11 is 0. The molecule has 120 valence electrons. The second-order valence-electron chi connectivity index (χ2n) is 6.35. The van der Waals surface area contributed by atoms with E-state index in [0.29, 0.717) is 18.9 Å². The molecular formula is C19H27NO2. The van der Waals surface area contributed by atoms with Crippen molar-refractivity contribution >= 4 is 11.7 Å². The van der Waals surface area contributed by atoms with Gasteiger partial charge in [-0.25, -0.2) is 0 Å². The van der Waals surface area contributed by atoms with Crippen molar-refractivity contribution in [1.82, 2.24) is 4.90 Å². The van der Waals surface area contributed by atoms with Crippen LogP contribution in [0.2, 0.25) is 0 Å². The van der Waals surface area contributed by atoms with Crippen LogP contribution in [0.3, 0.4) is 0 Å². The smallest absolute Gasteiger partial charge is 0.246 e. The summed E-state index contributed by atoms with van der Waals surface area (Å²) in [7, 11) is 0. The summed E-state index contributed by atoms with van der Waals surface area (Å²) in [5, 5.41) is 0. The quantitative estimate of drug-likeness (QED) is 0.689. The van der Waals surface area contributed by atoms with Gasteiger partial charge in [-0.2, -0.15) is 0 Å². The number of rotatable bonds is 8. The first kappa shape index (κ1) is 18.1. The number of carbonyl (C=O) groups excluding carboxylic acids is 2. The van der Waals surface area contributed by atoms with Crippen molar-refractivity contribution in [2.24, 2.45) is 11.8 Å². The van der Waals surface area contributed by atoms with E-state index in [0.717, 1.165) is 5.56 Å². The Morgan fingerprint density at radius 1 is 1.14 bits per heavy atom. The van der Waals surface area contributed by atoms with Crippen LogP contribution in [-0.4, -0.2) is 29.2 Å². The Bertz CT molecular complexity index is 505. The van der Waals surface area contributed by atoms with Crippen molar-refractivity contribution in [1.29, 1.82) is 0 Å². The van der Waals surface area contributed by atoms with Gasteiger partial charge in [0.15, 0.2) is 5.78 Å². The van der Waals surface area contributed by atoms with Crippen molar-refractivity contribution in [3.63, 3.8) is 0 Å². The van der Waals surface area contributed by atoms with Crippen molar-refractivity contribution in [2.75, 3.05) is 6.54 Å². The summed E-state index contributed by atoms with van der Waals surface area (Å²) in [5.41, 5.74) is 1.06. The molecule has 1 amide bonds. The molecule has 3 nitrogen and oxygen atoms in total. The van der Waals surface area contributed by atoms with E-state index in [2.05, 4.69) is 6.58 Å². The minimum atomic E-state index is -0.435. The third kappa shape index (κ3) is 5.14. The summed E-state index contributed by atoms with van der Waals surface area (Å²) in [5.74, 6) is 0.103. The summed E-state index contributed by atoms with van der Waals surface area (Å²) in [6, 6.07) is 9.40. The molecule has 0 saturated heterocycles. The van der Waals surface area contributed by atoms with Gasteiger partial charge in [-0.05, 0) is 24.0 Å². The third-order valence-electron chi connectivity index (χ3n) is 3.57. The van der Waals surface area contributed by atoms with Crippen molar-refractivity contribution in [3.05, 3.63) is 48.6 Å². The lowest BCUT2D eigenvalue weighted by molar-refractivity contribution is -0.138. The summed E-state index contributed by atoms with van der Waals surface area (Å²) in [4.78, 5) is 26.6. The van der Waals surface area contributed by atoms with Gasteiger partial charge in [0.05, 0.1) is 6.04 Å². The van der Waals surface area contributed by atoms with E-state index >= 15 is 0 Å². The fourth-order valence-electron chi connectivity index (χ4n) is 2.47. The largest absolute Gasteiger partial charge is 0.329 e. The molecule has 0 aliphatic rings. The predicted molar refractivity (Wildman–Crippen MR) is 90.5 cm³/mol. The molecule has 0 fully saturated rings. The number of amides is 1. The van der Waals surface area contributed by atoms with Crippen LogP contribution >= 0.6 is 0 Å². The van der Waals surface area contributed by atoms with E-state index in [1.54, 1.807) is 4.90 Å². The van der Waals surface area contributed by atoms with Gasteiger partial charge in [0.2, 0.25) is 5.91 Å². The van der Waals surface area contributed by atoms with Gasteiger partial charge in [0.1, 0.15) is 0 Å². The molecule has 0 bridgehead atoms. The van der Waals surface area contributed by atoms with Crippen molar-refractivity contribution < 1.29 is 9.59 Å². The highest BCUT2D eigenvalue weighted by atomic mass is 16.2. The zero-order chi connectivity index (χ0) is 16.7. The second-order valence-corrected chi connectivity index (χ2v) is 6.35. The SMILES string of the molecule is C=CC(=O)N(CC(C)C)C(Cc1ccccc1)C(=O)C(C)C. The maximum Gasteiger partial charge on any atom is 0.246 e. The molecule has 22 heavy (non-hydrogen) atoms. The molecule has 0 N–H and O–H groups in total. The van der Waals surface area contributed by atoms with Crippen molar-refractivity contribution in [3.8, 4) is 0 Å². The van der Waals surface area contributed by atoms with Crippen LogP contribution in [0, 0.1) is 11.8 Å². The molecule has 1 aromatic rings. The highest BCUT2D eigenvalue weighted by Crippen LogP contribution is 2.16. The van der Waals surface area contributed by atoms with Crippen LogP contribution in [-0.2, 0) is 16.0 Å².